The minimum atomic E-state index is 0.268. The zero-order valence-electron chi connectivity index (χ0n) is 9.06. The molecule has 0 saturated carbocycles. The highest BCUT2D eigenvalue weighted by molar-refractivity contribution is 7.12. The van der Waals surface area contributed by atoms with E-state index in [4.69, 9.17) is 11.6 Å². The molecular weight excluding hydrogens is 252 g/mol. The van der Waals surface area contributed by atoms with Crippen LogP contribution in [0.25, 0.3) is 0 Å². The van der Waals surface area contributed by atoms with Gasteiger partial charge in [0.25, 0.3) is 0 Å². The van der Waals surface area contributed by atoms with Gasteiger partial charge < -0.3 is 5.43 Å². The van der Waals surface area contributed by atoms with E-state index in [1.54, 1.807) is 11.3 Å². The molecule has 1 unspecified atom stereocenters. The van der Waals surface area contributed by atoms with Gasteiger partial charge in [-0.15, -0.1) is 11.3 Å². The van der Waals surface area contributed by atoms with Gasteiger partial charge in [0.15, 0.2) is 0 Å². The van der Waals surface area contributed by atoms with Crippen molar-refractivity contribution in [2.75, 3.05) is 0 Å². The topological polar surface area (TPSA) is 24.4 Å². The number of thiophene rings is 1. The normalized spacial score (nSPS) is 18.9. The van der Waals surface area contributed by atoms with Crippen LogP contribution in [0.15, 0.2) is 46.9 Å². The predicted molar refractivity (Wildman–Crippen MR) is 72.8 cm³/mol. The minimum absolute atomic E-state index is 0.268. The maximum atomic E-state index is 5.88. The summed E-state index contributed by atoms with van der Waals surface area (Å²) in [5.41, 5.74) is 5.55. The molecule has 1 N–H and O–H groups in total. The van der Waals surface area contributed by atoms with Crippen molar-refractivity contribution in [3.05, 3.63) is 57.2 Å². The third-order valence-electron chi connectivity index (χ3n) is 2.83. The van der Waals surface area contributed by atoms with Crippen molar-refractivity contribution >= 4 is 28.6 Å². The van der Waals surface area contributed by atoms with Gasteiger partial charge in [-0.25, -0.2) is 0 Å². The van der Waals surface area contributed by atoms with Crippen LogP contribution >= 0.6 is 22.9 Å². The van der Waals surface area contributed by atoms with E-state index in [0.29, 0.717) is 0 Å². The van der Waals surface area contributed by atoms with Crippen LogP contribution in [0.2, 0.25) is 5.02 Å². The molecule has 3 rings (SSSR count). The SMILES string of the molecule is Clc1ccc(C2CC(c3cccs3)=NN2)cc1. The number of nitrogens with zero attached hydrogens (tertiary/aromatic N) is 1. The number of hydrazone groups is 1. The van der Waals surface area contributed by atoms with Gasteiger partial charge >= 0.3 is 0 Å². The number of halogens is 1. The highest BCUT2D eigenvalue weighted by atomic mass is 35.5. The maximum absolute atomic E-state index is 5.88. The summed E-state index contributed by atoms with van der Waals surface area (Å²) >= 11 is 7.61. The van der Waals surface area contributed by atoms with Gasteiger partial charge in [0.2, 0.25) is 0 Å². The van der Waals surface area contributed by atoms with Crippen LogP contribution in [-0.4, -0.2) is 5.71 Å². The van der Waals surface area contributed by atoms with Gasteiger partial charge in [0, 0.05) is 11.4 Å². The third kappa shape index (κ3) is 2.21. The number of hydrogen-bond acceptors (Lipinski definition) is 3. The van der Waals surface area contributed by atoms with E-state index >= 15 is 0 Å². The van der Waals surface area contributed by atoms with Crippen LogP contribution in [-0.2, 0) is 0 Å². The summed E-state index contributed by atoms with van der Waals surface area (Å²) in [6.07, 6.45) is 0.933. The second-order valence-corrected chi connectivity index (χ2v) is 5.36. The molecule has 2 nitrogen and oxygen atoms in total. The number of benzene rings is 1. The average Bonchev–Trinajstić information content (AvgIpc) is 3.00. The Bertz CT molecular complexity index is 531. The van der Waals surface area contributed by atoms with E-state index < -0.39 is 0 Å². The molecule has 1 aliphatic heterocycles. The second-order valence-electron chi connectivity index (χ2n) is 3.97. The van der Waals surface area contributed by atoms with Crippen molar-refractivity contribution in [3.63, 3.8) is 0 Å². The standard InChI is InChI=1S/C13H11ClN2S/c14-10-5-3-9(4-6-10)11-8-12(16-15-11)13-2-1-7-17-13/h1-7,11,15H,8H2. The zero-order valence-corrected chi connectivity index (χ0v) is 10.6. The molecule has 0 spiro atoms. The molecule has 17 heavy (non-hydrogen) atoms. The Hall–Kier alpha value is -1.32. The lowest BCUT2D eigenvalue weighted by atomic mass is 10.0. The Labute approximate surface area is 109 Å². The van der Waals surface area contributed by atoms with E-state index in [-0.39, 0.29) is 6.04 Å². The molecule has 1 aromatic carbocycles. The lowest BCUT2D eigenvalue weighted by Crippen LogP contribution is -2.09. The largest absolute Gasteiger partial charge is 0.302 e. The van der Waals surface area contributed by atoms with Gasteiger partial charge in [0.1, 0.15) is 0 Å². The Balaban J connectivity index is 1.76. The minimum Gasteiger partial charge on any atom is -0.302 e. The fourth-order valence-corrected chi connectivity index (χ4v) is 2.78. The van der Waals surface area contributed by atoms with Crippen molar-refractivity contribution in [1.82, 2.24) is 5.43 Å². The van der Waals surface area contributed by atoms with Crippen molar-refractivity contribution < 1.29 is 0 Å². The van der Waals surface area contributed by atoms with Crippen LogP contribution < -0.4 is 5.43 Å². The first-order valence-electron chi connectivity index (χ1n) is 5.44. The number of nitrogens with one attached hydrogen (secondary N) is 1. The fraction of sp³-hybridized carbons (Fsp3) is 0.154. The summed E-state index contributed by atoms with van der Waals surface area (Å²) in [5.74, 6) is 0. The molecule has 4 heteroatoms. The molecule has 0 fully saturated rings. The van der Waals surface area contributed by atoms with E-state index in [2.05, 4.69) is 28.0 Å². The fourth-order valence-electron chi connectivity index (χ4n) is 1.93. The van der Waals surface area contributed by atoms with Crippen molar-refractivity contribution in [2.24, 2.45) is 5.10 Å². The highest BCUT2D eigenvalue weighted by Gasteiger charge is 2.21. The van der Waals surface area contributed by atoms with Crippen LogP contribution in [0.1, 0.15) is 22.9 Å². The summed E-state index contributed by atoms with van der Waals surface area (Å²) < 4.78 is 0. The smallest absolute Gasteiger partial charge is 0.0799 e. The Morgan fingerprint density at radius 2 is 2.06 bits per heavy atom. The third-order valence-corrected chi connectivity index (χ3v) is 4.00. The van der Waals surface area contributed by atoms with Gasteiger partial charge in [0.05, 0.1) is 16.6 Å². The quantitative estimate of drug-likeness (QED) is 0.874. The van der Waals surface area contributed by atoms with E-state index in [1.165, 1.54) is 10.4 Å². The lowest BCUT2D eigenvalue weighted by Gasteiger charge is -2.09. The van der Waals surface area contributed by atoms with Crippen molar-refractivity contribution in [1.29, 1.82) is 0 Å². The van der Waals surface area contributed by atoms with Crippen LogP contribution in [0.5, 0.6) is 0 Å². The molecule has 2 heterocycles. The first kappa shape index (κ1) is 10.8. The number of rotatable bonds is 2. The lowest BCUT2D eigenvalue weighted by molar-refractivity contribution is 0.620. The Kier molecular flexibility index (Phi) is 2.87. The first-order chi connectivity index (χ1) is 8.33. The maximum Gasteiger partial charge on any atom is 0.0799 e. The average molecular weight is 263 g/mol. The molecule has 86 valence electrons. The Morgan fingerprint density at radius 1 is 1.24 bits per heavy atom. The molecular formula is C13H11ClN2S. The van der Waals surface area contributed by atoms with E-state index in [1.807, 2.05) is 24.3 Å². The zero-order chi connectivity index (χ0) is 11.7. The molecule has 1 atom stereocenters. The second kappa shape index (κ2) is 4.51. The molecule has 0 aliphatic carbocycles. The van der Waals surface area contributed by atoms with E-state index in [0.717, 1.165) is 17.2 Å². The first-order valence-corrected chi connectivity index (χ1v) is 6.70. The predicted octanol–water partition coefficient (Wildman–Crippen LogP) is 3.84. The highest BCUT2D eigenvalue weighted by Crippen LogP contribution is 2.26. The number of hydrogen-bond donors (Lipinski definition) is 1. The summed E-state index contributed by atoms with van der Waals surface area (Å²) in [5, 5.41) is 7.25. The summed E-state index contributed by atoms with van der Waals surface area (Å²) in [6, 6.07) is 12.4. The van der Waals surface area contributed by atoms with Gasteiger partial charge in [-0.1, -0.05) is 29.8 Å². The summed E-state index contributed by atoms with van der Waals surface area (Å²) in [4.78, 5) is 1.24. The summed E-state index contributed by atoms with van der Waals surface area (Å²) in [6.45, 7) is 0. The van der Waals surface area contributed by atoms with Crippen molar-refractivity contribution in [3.8, 4) is 0 Å². The van der Waals surface area contributed by atoms with Crippen molar-refractivity contribution in [2.45, 2.75) is 12.5 Å². The molecule has 1 aromatic heterocycles. The molecule has 2 aromatic rings. The summed E-state index contributed by atoms with van der Waals surface area (Å²) in [7, 11) is 0. The van der Waals surface area contributed by atoms with Gasteiger partial charge in [-0.2, -0.15) is 5.10 Å². The van der Waals surface area contributed by atoms with Crippen LogP contribution in [0, 0.1) is 0 Å². The molecule has 0 amide bonds. The van der Waals surface area contributed by atoms with E-state index in [9.17, 15) is 0 Å². The molecule has 0 radical (unpaired) electrons. The molecule has 0 bridgehead atoms. The Morgan fingerprint density at radius 3 is 2.76 bits per heavy atom. The molecule has 0 saturated heterocycles. The molecule has 1 aliphatic rings. The van der Waals surface area contributed by atoms with Gasteiger partial charge in [-0.05, 0) is 29.1 Å². The van der Waals surface area contributed by atoms with Crippen LogP contribution in [0.3, 0.4) is 0 Å². The van der Waals surface area contributed by atoms with Crippen LogP contribution in [0.4, 0.5) is 0 Å². The van der Waals surface area contributed by atoms with Gasteiger partial charge in [-0.3, -0.25) is 0 Å². The monoisotopic (exact) mass is 262 g/mol.